The smallest absolute Gasteiger partial charge is 0.255 e. The summed E-state index contributed by atoms with van der Waals surface area (Å²) in [6, 6.07) is 29.6. The van der Waals surface area contributed by atoms with Crippen LogP contribution in [0.2, 0.25) is 0 Å². The van der Waals surface area contributed by atoms with Crippen LogP contribution >= 0.6 is 0 Å². The minimum atomic E-state index is -0.248. The molecule has 0 atom stereocenters. The van der Waals surface area contributed by atoms with Gasteiger partial charge in [0.1, 0.15) is 23.9 Å². The van der Waals surface area contributed by atoms with Crippen LogP contribution in [-0.4, -0.2) is 19.6 Å². The summed E-state index contributed by atoms with van der Waals surface area (Å²) in [4.78, 5) is 12.9. The maximum absolute atomic E-state index is 12.9. The zero-order valence-electron chi connectivity index (χ0n) is 19.7. The SMILES string of the molecule is CCOc1cc(C(=O)Nc2ccc(Oc3cccc(OC)c3)cc2)ccc1OCc1ccccc1. The number of carbonyl (C=O) groups excluding carboxylic acids is 1. The summed E-state index contributed by atoms with van der Waals surface area (Å²) in [7, 11) is 1.61. The van der Waals surface area contributed by atoms with Crippen molar-refractivity contribution in [2.24, 2.45) is 0 Å². The van der Waals surface area contributed by atoms with Crippen LogP contribution in [0.3, 0.4) is 0 Å². The van der Waals surface area contributed by atoms with Crippen LogP contribution in [0.25, 0.3) is 0 Å². The van der Waals surface area contributed by atoms with E-state index in [1.165, 1.54) is 0 Å². The first kappa shape index (κ1) is 23.7. The molecular weight excluding hydrogens is 442 g/mol. The molecule has 1 N–H and O–H groups in total. The lowest BCUT2D eigenvalue weighted by atomic mass is 10.1. The minimum absolute atomic E-state index is 0.248. The first-order valence-corrected chi connectivity index (χ1v) is 11.3. The molecule has 6 heteroatoms. The summed E-state index contributed by atoms with van der Waals surface area (Å²) in [5.74, 6) is 2.90. The first-order valence-electron chi connectivity index (χ1n) is 11.3. The predicted molar refractivity (Wildman–Crippen MR) is 136 cm³/mol. The molecular formula is C29H27NO5. The van der Waals surface area contributed by atoms with Gasteiger partial charge in [-0.15, -0.1) is 0 Å². The molecule has 35 heavy (non-hydrogen) atoms. The third-order valence-electron chi connectivity index (χ3n) is 5.13. The normalized spacial score (nSPS) is 10.3. The summed E-state index contributed by atoms with van der Waals surface area (Å²) < 4.78 is 22.7. The van der Waals surface area contributed by atoms with Crippen molar-refractivity contribution in [1.29, 1.82) is 0 Å². The Morgan fingerprint density at radius 3 is 2.26 bits per heavy atom. The summed E-state index contributed by atoms with van der Waals surface area (Å²) >= 11 is 0. The summed E-state index contributed by atoms with van der Waals surface area (Å²) in [5.41, 5.74) is 2.17. The van der Waals surface area contributed by atoms with Gasteiger partial charge in [-0.05, 0) is 67.1 Å². The zero-order valence-corrected chi connectivity index (χ0v) is 19.7. The van der Waals surface area contributed by atoms with Crippen molar-refractivity contribution < 1.29 is 23.7 Å². The zero-order chi connectivity index (χ0) is 24.5. The molecule has 1 amide bonds. The molecule has 0 unspecified atom stereocenters. The number of carbonyl (C=O) groups is 1. The Balaban J connectivity index is 1.40. The van der Waals surface area contributed by atoms with Crippen molar-refractivity contribution in [2.75, 3.05) is 19.0 Å². The van der Waals surface area contributed by atoms with Gasteiger partial charge in [0, 0.05) is 17.3 Å². The van der Waals surface area contributed by atoms with E-state index in [1.54, 1.807) is 55.6 Å². The lowest BCUT2D eigenvalue weighted by molar-refractivity contribution is 0.102. The van der Waals surface area contributed by atoms with Crippen molar-refractivity contribution in [3.63, 3.8) is 0 Å². The fourth-order valence-corrected chi connectivity index (χ4v) is 3.38. The molecule has 0 aliphatic heterocycles. The van der Waals surface area contributed by atoms with Crippen LogP contribution in [0.1, 0.15) is 22.8 Å². The molecule has 0 saturated carbocycles. The number of benzene rings is 4. The quantitative estimate of drug-likeness (QED) is 0.279. The second kappa shape index (κ2) is 11.6. The molecule has 0 bridgehead atoms. The Hall–Kier alpha value is -4.45. The van der Waals surface area contributed by atoms with Gasteiger partial charge in [-0.3, -0.25) is 4.79 Å². The van der Waals surface area contributed by atoms with Gasteiger partial charge >= 0.3 is 0 Å². The molecule has 4 aromatic carbocycles. The van der Waals surface area contributed by atoms with E-state index in [4.69, 9.17) is 18.9 Å². The summed E-state index contributed by atoms with van der Waals surface area (Å²) in [5, 5.41) is 2.90. The van der Waals surface area contributed by atoms with Crippen molar-refractivity contribution in [3.05, 3.63) is 108 Å². The molecule has 0 aliphatic carbocycles. The van der Waals surface area contributed by atoms with Gasteiger partial charge in [0.2, 0.25) is 0 Å². The third-order valence-corrected chi connectivity index (χ3v) is 5.13. The van der Waals surface area contributed by atoms with Gasteiger partial charge in [0.25, 0.3) is 5.91 Å². The minimum Gasteiger partial charge on any atom is -0.497 e. The second-order valence-electron chi connectivity index (χ2n) is 7.63. The monoisotopic (exact) mass is 469 g/mol. The molecule has 0 heterocycles. The standard InChI is InChI=1S/C29H27NO5/c1-3-33-28-18-22(12-17-27(28)34-20-21-8-5-4-6-9-21)29(31)30-23-13-15-24(16-14-23)35-26-11-7-10-25(19-26)32-2/h4-19H,3,20H2,1-2H3,(H,30,31). The molecule has 4 aromatic rings. The van der Waals surface area contributed by atoms with Crippen LogP contribution in [-0.2, 0) is 6.61 Å². The van der Waals surface area contributed by atoms with Gasteiger partial charge in [0.05, 0.1) is 13.7 Å². The highest BCUT2D eigenvalue weighted by molar-refractivity contribution is 6.04. The van der Waals surface area contributed by atoms with Gasteiger partial charge in [-0.2, -0.15) is 0 Å². The molecule has 0 spiro atoms. The average Bonchev–Trinajstić information content (AvgIpc) is 2.90. The fourth-order valence-electron chi connectivity index (χ4n) is 3.38. The molecule has 0 aliphatic rings. The highest BCUT2D eigenvalue weighted by atomic mass is 16.5. The van der Waals surface area contributed by atoms with E-state index < -0.39 is 0 Å². The van der Waals surface area contributed by atoms with Crippen LogP contribution in [0.5, 0.6) is 28.7 Å². The number of hydrogen-bond acceptors (Lipinski definition) is 5. The third kappa shape index (κ3) is 6.54. The molecule has 0 fully saturated rings. The van der Waals surface area contributed by atoms with E-state index >= 15 is 0 Å². The lowest BCUT2D eigenvalue weighted by Crippen LogP contribution is -2.12. The maximum atomic E-state index is 12.9. The largest absolute Gasteiger partial charge is 0.497 e. The fraction of sp³-hybridized carbons (Fsp3) is 0.138. The predicted octanol–water partition coefficient (Wildman–Crippen LogP) is 6.72. The van der Waals surface area contributed by atoms with Gasteiger partial charge in [0.15, 0.2) is 11.5 Å². The van der Waals surface area contributed by atoms with Crippen LogP contribution in [0.15, 0.2) is 97.1 Å². The van der Waals surface area contributed by atoms with Crippen LogP contribution < -0.4 is 24.3 Å². The van der Waals surface area contributed by atoms with Gasteiger partial charge in [-0.25, -0.2) is 0 Å². The number of nitrogens with one attached hydrogen (secondary N) is 1. The number of amides is 1. The Morgan fingerprint density at radius 2 is 1.51 bits per heavy atom. The van der Waals surface area contributed by atoms with E-state index in [2.05, 4.69) is 5.32 Å². The molecule has 178 valence electrons. The van der Waals surface area contributed by atoms with Gasteiger partial charge in [-0.1, -0.05) is 36.4 Å². The molecule has 6 nitrogen and oxygen atoms in total. The molecule has 0 saturated heterocycles. The van der Waals surface area contributed by atoms with Crippen LogP contribution in [0, 0.1) is 0 Å². The number of methoxy groups -OCH3 is 1. The Bertz CT molecular complexity index is 1260. The highest BCUT2D eigenvalue weighted by Gasteiger charge is 2.13. The van der Waals surface area contributed by atoms with Crippen LogP contribution in [0.4, 0.5) is 5.69 Å². The van der Waals surface area contributed by atoms with Crippen molar-refractivity contribution >= 4 is 11.6 Å². The lowest BCUT2D eigenvalue weighted by Gasteiger charge is -2.14. The maximum Gasteiger partial charge on any atom is 0.255 e. The highest BCUT2D eigenvalue weighted by Crippen LogP contribution is 2.30. The molecule has 4 rings (SSSR count). The second-order valence-corrected chi connectivity index (χ2v) is 7.63. The first-order chi connectivity index (χ1) is 17.1. The Labute approximate surface area is 205 Å². The van der Waals surface area contributed by atoms with Crippen molar-refractivity contribution in [1.82, 2.24) is 0 Å². The molecule has 0 radical (unpaired) electrons. The Morgan fingerprint density at radius 1 is 0.743 bits per heavy atom. The van der Waals surface area contributed by atoms with Crippen molar-refractivity contribution in [3.8, 4) is 28.7 Å². The average molecular weight is 470 g/mol. The Kier molecular flexibility index (Phi) is 7.86. The topological polar surface area (TPSA) is 66.0 Å². The van der Waals surface area contributed by atoms with E-state index in [9.17, 15) is 4.79 Å². The van der Waals surface area contributed by atoms with E-state index in [0.29, 0.717) is 53.2 Å². The number of anilines is 1. The van der Waals surface area contributed by atoms with E-state index in [0.717, 1.165) is 5.56 Å². The van der Waals surface area contributed by atoms with Crippen molar-refractivity contribution in [2.45, 2.75) is 13.5 Å². The number of hydrogen-bond donors (Lipinski definition) is 1. The van der Waals surface area contributed by atoms with E-state index in [1.807, 2.05) is 55.5 Å². The molecule has 0 aromatic heterocycles. The summed E-state index contributed by atoms with van der Waals surface area (Å²) in [6.07, 6.45) is 0. The summed E-state index contributed by atoms with van der Waals surface area (Å²) in [6.45, 7) is 2.76. The van der Waals surface area contributed by atoms with E-state index in [-0.39, 0.29) is 5.91 Å². The number of ether oxygens (including phenoxy) is 4. The number of rotatable bonds is 10. The van der Waals surface area contributed by atoms with Gasteiger partial charge < -0.3 is 24.3 Å².